The third-order valence-corrected chi connectivity index (χ3v) is 2.94. The quantitative estimate of drug-likeness (QED) is 0.777. The first-order valence-corrected chi connectivity index (χ1v) is 5.30. The van der Waals surface area contributed by atoms with Gasteiger partial charge in [0.25, 0.3) is 0 Å². The van der Waals surface area contributed by atoms with Gasteiger partial charge in [-0.25, -0.2) is 4.39 Å². The van der Waals surface area contributed by atoms with Crippen molar-refractivity contribution in [3.8, 4) is 0 Å². The molecule has 1 aliphatic rings. The topological polar surface area (TPSA) is 12.0 Å². The Labute approximate surface area is 84.3 Å². The summed E-state index contributed by atoms with van der Waals surface area (Å²) in [6, 6.07) is 7.08. The van der Waals surface area contributed by atoms with E-state index in [2.05, 4.69) is 5.32 Å². The minimum atomic E-state index is -0.0570. The second kappa shape index (κ2) is 4.56. The molecule has 0 radical (unpaired) electrons. The van der Waals surface area contributed by atoms with Crippen molar-refractivity contribution in [3.63, 3.8) is 0 Å². The van der Waals surface area contributed by atoms with Crippen LogP contribution in [0.4, 0.5) is 4.39 Å². The Bertz CT molecular complexity index is 292. The van der Waals surface area contributed by atoms with E-state index >= 15 is 0 Å². The number of rotatable bonds is 3. The highest BCUT2D eigenvalue weighted by Crippen LogP contribution is 2.17. The zero-order valence-electron chi connectivity index (χ0n) is 8.30. The Kier molecular flexibility index (Phi) is 3.14. The first-order chi connectivity index (χ1) is 6.86. The molecule has 1 heterocycles. The molecule has 0 saturated carbocycles. The molecule has 1 saturated heterocycles. The van der Waals surface area contributed by atoms with Crippen LogP contribution in [0, 0.1) is 11.7 Å². The summed E-state index contributed by atoms with van der Waals surface area (Å²) in [5.74, 6) is 0.688. The summed E-state index contributed by atoms with van der Waals surface area (Å²) in [7, 11) is 0. The lowest BCUT2D eigenvalue weighted by molar-refractivity contribution is 0.520. The predicted octanol–water partition coefficient (Wildman–Crippen LogP) is 2.37. The molecular formula is C12H16FN. The van der Waals surface area contributed by atoms with Crippen LogP contribution < -0.4 is 5.32 Å². The van der Waals surface area contributed by atoms with Crippen molar-refractivity contribution in [2.75, 3.05) is 13.1 Å². The van der Waals surface area contributed by atoms with Crippen LogP contribution in [0.2, 0.25) is 0 Å². The molecule has 0 aliphatic carbocycles. The standard InChI is InChI=1S/C12H16FN/c13-12-4-2-1-3-11(12)6-5-10-7-8-14-9-10/h1-4,10,14H,5-9H2. The van der Waals surface area contributed by atoms with Gasteiger partial charge in [0.2, 0.25) is 0 Å². The smallest absolute Gasteiger partial charge is 0.126 e. The Morgan fingerprint density at radius 1 is 1.36 bits per heavy atom. The van der Waals surface area contributed by atoms with Crippen LogP contribution in [-0.2, 0) is 6.42 Å². The zero-order chi connectivity index (χ0) is 9.80. The summed E-state index contributed by atoms with van der Waals surface area (Å²) in [6.07, 6.45) is 3.22. The summed E-state index contributed by atoms with van der Waals surface area (Å²) in [6.45, 7) is 2.23. The van der Waals surface area contributed by atoms with Crippen molar-refractivity contribution in [2.45, 2.75) is 19.3 Å². The first-order valence-electron chi connectivity index (χ1n) is 5.30. The van der Waals surface area contributed by atoms with E-state index in [1.165, 1.54) is 6.42 Å². The van der Waals surface area contributed by atoms with E-state index in [0.717, 1.165) is 37.4 Å². The minimum absolute atomic E-state index is 0.0570. The second-order valence-electron chi connectivity index (χ2n) is 3.99. The number of halogens is 1. The fourth-order valence-electron chi connectivity index (χ4n) is 2.02. The number of nitrogens with one attached hydrogen (secondary N) is 1. The Hall–Kier alpha value is -0.890. The molecule has 0 aromatic heterocycles. The van der Waals surface area contributed by atoms with Crippen molar-refractivity contribution in [1.29, 1.82) is 0 Å². The van der Waals surface area contributed by atoms with Gasteiger partial charge in [-0.05, 0) is 49.9 Å². The zero-order valence-corrected chi connectivity index (χ0v) is 8.30. The lowest BCUT2D eigenvalue weighted by Gasteiger charge is -2.08. The van der Waals surface area contributed by atoms with E-state index in [0.29, 0.717) is 0 Å². The van der Waals surface area contributed by atoms with Gasteiger partial charge in [0.05, 0.1) is 0 Å². The van der Waals surface area contributed by atoms with Crippen molar-refractivity contribution < 1.29 is 4.39 Å². The summed E-state index contributed by atoms with van der Waals surface area (Å²) < 4.78 is 13.2. The Balaban J connectivity index is 1.88. The molecule has 1 unspecified atom stereocenters. The third-order valence-electron chi connectivity index (χ3n) is 2.94. The second-order valence-corrected chi connectivity index (χ2v) is 3.99. The molecule has 2 heteroatoms. The molecule has 1 aliphatic heterocycles. The highest BCUT2D eigenvalue weighted by Gasteiger charge is 2.14. The maximum absolute atomic E-state index is 13.2. The van der Waals surface area contributed by atoms with Crippen LogP contribution in [0.3, 0.4) is 0 Å². The molecule has 0 bridgehead atoms. The summed E-state index contributed by atoms with van der Waals surface area (Å²) in [5, 5.41) is 3.33. The van der Waals surface area contributed by atoms with Crippen molar-refractivity contribution in [2.24, 2.45) is 5.92 Å². The van der Waals surface area contributed by atoms with Gasteiger partial charge >= 0.3 is 0 Å². The maximum Gasteiger partial charge on any atom is 0.126 e. The van der Waals surface area contributed by atoms with Gasteiger partial charge < -0.3 is 5.32 Å². The highest BCUT2D eigenvalue weighted by molar-refractivity contribution is 5.17. The summed E-state index contributed by atoms with van der Waals surface area (Å²) in [5.41, 5.74) is 0.861. The summed E-state index contributed by atoms with van der Waals surface area (Å²) in [4.78, 5) is 0. The average molecular weight is 193 g/mol. The van der Waals surface area contributed by atoms with E-state index in [4.69, 9.17) is 0 Å². The third kappa shape index (κ3) is 2.32. The van der Waals surface area contributed by atoms with E-state index in [-0.39, 0.29) is 5.82 Å². The fourth-order valence-corrected chi connectivity index (χ4v) is 2.02. The number of benzene rings is 1. The molecule has 1 atom stereocenters. The van der Waals surface area contributed by atoms with E-state index in [1.807, 2.05) is 12.1 Å². The molecule has 14 heavy (non-hydrogen) atoms. The lowest BCUT2D eigenvalue weighted by Crippen LogP contribution is -2.09. The molecule has 1 fully saturated rings. The van der Waals surface area contributed by atoms with E-state index in [9.17, 15) is 4.39 Å². The van der Waals surface area contributed by atoms with Gasteiger partial charge in [-0.3, -0.25) is 0 Å². The van der Waals surface area contributed by atoms with Crippen LogP contribution in [0.1, 0.15) is 18.4 Å². The van der Waals surface area contributed by atoms with Crippen LogP contribution in [0.5, 0.6) is 0 Å². The predicted molar refractivity (Wildman–Crippen MR) is 55.7 cm³/mol. The molecular weight excluding hydrogens is 177 g/mol. The molecule has 2 rings (SSSR count). The first kappa shape index (κ1) is 9.66. The molecule has 0 spiro atoms. The molecule has 1 N–H and O–H groups in total. The minimum Gasteiger partial charge on any atom is -0.316 e. The van der Waals surface area contributed by atoms with Crippen molar-refractivity contribution >= 4 is 0 Å². The number of hydrogen-bond acceptors (Lipinski definition) is 1. The van der Waals surface area contributed by atoms with Crippen LogP contribution in [0.15, 0.2) is 24.3 Å². The van der Waals surface area contributed by atoms with Gasteiger partial charge in [0.1, 0.15) is 5.82 Å². The number of hydrogen-bond donors (Lipinski definition) is 1. The lowest BCUT2D eigenvalue weighted by atomic mass is 9.99. The molecule has 1 aromatic rings. The maximum atomic E-state index is 13.2. The summed E-state index contributed by atoms with van der Waals surface area (Å²) >= 11 is 0. The van der Waals surface area contributed by atoms with Crippen LogP contribution in [-0.4, -0.2) is 13.1 Å². The molecule has 0 amide bonds. The van der Waals surface area contributed by atoms with Crippen molar-refractivity contribution in [3.05, 3.63) is 35.6 Å². The van der Waals surface area contributed by atoms with Gasteiger partial charge in [-0.15, -0.1) is 0 Å². The molecule has 1 aromatic carbocycles. The monoisotopic (exact) mass is 193 g/mol. The average Bonchev–Trinajstić information content (AvgIpc) is 2.69. The molecule has 76 valence electrons. The Morgan fingerprint density at radius 2 is 2.21 bits per heavy atom. The fraction of sp³-hybridized carbons (Fsp3) is 0.500. The van der Waals surface area contributed by atoms with Crippen molar-refractivity contribution in [1.82, 2.24) is 5.32 Å². The Morgan fingerprint density at radius 3 is 2.93 bits per heavy atom. The molecule has 1 nitrogen and oxygen atoms in total. The highest BCUT2D eigenvalue weighted by atomic mass is 19.1. The SMILES string of the molecule is Fc1ccccc1CCC1CCNC1. The normalized spacial score (nSPS) is 21.4. The van der Waals surface area contributed by atoms with Gasteiger partial charge in [-0.1, -0.05) is 18.2 Å². The van der Waals surface area contributed by atoms with E-state index in [1.54, 1.807) is 12.1 Å². The van der Waals surface area contributed by atoms with Crippen LogP contribution >= 0.6 is 0 Å². The largest absolute Gasteiger partial charge is 0.316 e. The number of aryl methyl sites for hydroxylation is 1. The van der Waals surface area contributed by atoms with Gasteiger partial charge in [0, 0.05) is 0 Å². The van der Waals surface area contributed by atoms with Crippen LogP contribution in [0.25, 0.3) is 0 Å². The van der Waals surface area contributed by atoms with E-state index < -0.39 is 0 Å². The van der Waals surface area contributed by atoms with Gasteiger partial charge in [-0.2, -0.15) is 0 Å². The van der Waals surface area contributed by atoms with Gasteiger partial charge in [0.15, 0.2) is 0 Å².